The maximum atomic E-state index is 11.2. The molecule has 5 nitrogen and oxygen atoms in total. The third kappa shape index (κ3) is 2.54. The van der Waals surface area contributed by atoms with Crippen molar-refractivity contribution in [1.82, 2.24) is 5.32 Å². The molecule has 0 amide bonds. The second kappa shape index (κ2) is 5.07. The topological polar surface area (TPSA) is 86.6 Å². The first-order valence-electron chi connectivity index (χ1n) is 5.46. The van der Waals surface area contributed by atoms with Crippen molar-refractivity contribution in [2.75, 3.05) is 0 Å². The van der Waals surface area contributed by atoms with Crippen LogP contribution in [0.4, 0.5) is 0 Å². The molecule has 18 heavy (non-hydrogen) atoms. The van der Waals surface area contributed by atoms with Crippen molar-refractivity contribution in [3.8, 4) is 0 Å². The summed E-state index contributed by atoms with van der Waals surface area (Å²) in [4.78, 5) is 22.1. The van der Waals surface area contributed by atoms with E-state index in [0.717, 1.165) is 10.0 Å². The van der Waals surface area contributed by atoms with Gasteiger partial charge in [0.25, 0.3) is 0 Å². The van der Waals surface area contributed by atoms with Gasteiger partial charge in [-0.3, -0.25) is 14.9 Å². The number of halogens is 1. The summed E-state index contributed by atoms with van der Waals surface area (Å²) in [7, 11) is 0. The Morgan fingerprint density at radius 1 is 1.17 bits per heavy atom. The Morgan fingerprint density at radius 3 is 2.28 bits per heavy atom. The van der Waals surface area contributed by atoms with Crippen LogP contribution in [-0.4, -0.2) is 28.2 Å². The Hall–Kier alpha value is -1.40. The van der Waals surface area contributed by atoms with Gasteiger partial charge in [-0.2, -0.15) is 0 Å². The van der Waals surface area contributed by atoms with E-state index in [9.17, 15) is 9.59 Å². The van der Waals surface area contributed by atoms with E-state index >= 15 is 0 Å². The van der Waals surface area contributed by atoms with Crippen LogP contribution in [0.25, 0.3) is 0 Å². The maximum absolute atomic E-state index is 11.2. The number of carboxylic acid groups (broad SMARTS) is 2. The van der Waals surface area contributed by atoms with Gasteiger partial charge in [-0.15, -0.1) is 0 Å². The summed E-state index contributed by atoms with van der Waals surface area (Å²) in [5.41, 5.74) is 0.786. The fourth-order valence-corrected chi connectivity index (χ4v) is 2.47. The summed E-state index contributed by atoms with van der Waals surface area (Å²) in [6.45, 7) is 0. The van der Waals surface area contributed by atoms with Gasteiger partial charge >= 0.3 is 11.9 Å². The van der Waals surface area contributed by atoms with Crippen molar-refractivity contribution < 1.29 is 19.8 Å². The highest BCUT2D eigenvalue weighted by molar-refractivity contribution is 9.10. The Kier molecular flexibility index (Phi) is 3.68. The second-order valence-electron chi connectivity index (χ2n) is 4.27. The van der Waals surface area contributed by atoms with Crippen molar-refractivity contribution in [3.63, 3.8) is 0 Å². The predicted molar refractivity (Wildman–Crippen MR) is 67.2 cm³/mol. The first kappa shape index (κ1) is 13.0. The molecule has 1 saturated heterocycles. The maximum Gasteiger partial charge on any atom is 0.320 e. The molecule has 1 aromatic carbocycles. The van der Waals surface area contributed by atoms with E-state index in [0.29, 0.717) is 0 Å². The standard InChI is InChI=1S/C12H12BrNO4/c13-7-3-1-6(2-4-7)10-8(11(15)16)5-9(14-10)12(17)18/h1-4,8-10,14H,5H2,(H,15,16)(H,17,18). The van der Waals surface area contributed by atoms with Gasteiger partial charge < -0.3 is 10.2 Å². The quantitative estimate of drug-likeness (QED) is 0.789. The molecule has 1 fully saturated rings. The van der Waals surface area contributed by atoms with Crippen LogP contribution in [0.1, 0.15) is 18.0 Å². The summed E-state index contributed by atoms with van der Waals surface area (Å²) in [5.74, 6) is -2.70. The molecule has 0 bridgehead atoms. The van der Waals surface area contributed by atoms with E-state index < -0.39 is 29.9 Å². The molecule has 2 rings (SSSR count). The summed E-state index contributed by atoms with van der Waals surface area (Å²) in [6, 6.07) is 5.94. The summed E-state index contributed by atoms with van der Waals surface area (Å²) >= 11 is 3.30. The Balaban J connectivity index is 2.27. The molecule has 3 unspecified atom stereocenters. The second-order valence-corrected chi connectivity index (χ2v) is 5.18. The molecule has 0 radical (unpaired) electrons. The Bertz CT molecular complexity index is 473. The molecule has 0 saturated carbocycles. The van der Waals surface area contributed by atoms with E-state index in [1.54, 1.807) is 12.1 Å². The van der Waals surface area contributed by atoms with E-state index in [2.05, 4.69) is 21.2 Å². The van der Waals surface area contributed by atoms with Gasteiger partial charge in [0.05, 0.1) is 5.92 Å². The highest BCUT2D eigenvalue weighted by Gasteiger charge is 2.41. The lowest BCUT2D eigenvalue weighted by Crippen LogP contribution is -2.32. The molecule has 1 heterocycles. The monoisotopic (exact) mass is 313 g/mol. The summed E-state index contributed by atoms with van der Waals surface area (Å²) < 4.78 is 0.894. The SMILES string of the molecule is O=C(O)C1CC(C(=O)O)C(c2ccc(Br)cc2)N1. The van der Waals surface area contributed by atoms with E-state index in [4.69, 9.17) is 10.2 Å². The molecule has 0 aliphatic carbocycles. The van der Waals surface area contributed by atoms with Crippen LogP contribution >= 0.6 is 15.9 Å². The largest absolute Gasteiger partial charge is 0.481 e. The number of benzene rings is 1. The van der Waals surface area contributed by atoms with Crippen molar-refractivity contribution in [3.05, 3.63) is 34.3 Å². The third-order valence-electron chi connectivity index (χ3n) is 3.12. The zero-order chi connectivity index (χ0) is 13.3. The van der Waals surface area contributed by atoms with Crippen molar-refractivity contribution >= 4 is 27.9 Å². The number of rotatable bonds is 3. The van der Waals surface area contributed by atoms with Crippen LogP contribution in [0, 0.1) is 5.92 Å². The smallest absolute Gasteiger partial charge is 0.320 e. The average Bonchev–Trinajstić information content (AvgIpc) is 2.75. The van der Waals surface area contributed by atoms with Crippen molar-refractivity contribution in [2.24, 2.45) is 5.92 Å². The van der Waals surface area contributed by atoms with Crippen molar-refractivity contribution in [1.29, 1.82) is 0 Å². The molecule has 96 valence electrons. The zero-order valence-corrected chi connectivity index (χ0v) is 10.9. The summed E-state index contributed by atoms with van der Waals surface area (Å²) in [6.07, 6.45) is 0.103. The molecule has 1 aliphatic rings. The number of carboxylic acids is 2. The minimum atomic E-state index is -1.01. The number of hydrogen-bond acceptors (Lipinski definition) is 3. The number of hydrogen-bond donors (Lipinski definition) is 3. The first-order chi connectivity index (χ1) is 8.49. The lowest BCUT2D eigenvalue weighted by atomic mass is 9.94. The first-order valence-corrected chi connectivity index (χ1v) is 6.25. The van der Waals surface area contributed by atoms with Crippen LogP contribution < -0.4 is 5.32 Å². The van der Waals surface area contributed by atoms with Gasteiger partial charge in [-0.1, -0.05) is 28.1 Å². The lowest BCUT2D eigenvalue weighted by Gasteiger charge is -2.16. The molecular weight excluding hydrogens is 302 g/mol. The van der Waals surface area contributed by atoms with Gasteiger partial charge in [0.15, 0.2) is 0 Å². The van der Waals surface area contributed by atoms with Gasteiger partial charge in [0.1, 0.15) is 6.04 Å². The van der Waals surface area contributed by atoms with Gasteiger partial charge in [0, 0.05) is 10.5 Å². The van der Waals surface area contributed by atoms with E-state index in [1.807, 2.05) is 12.1 Å². The molecule has 1 aliphatic heterocycles. The third-order valence-corrected chi connectivity index (χ3v) is 3.65. The fraction of sp³-hybridized carbons (Fsp3) is 0.333. The fourth-order valence-electron chi connectivity index (χ4n) is 2.21. The number of carbonyl (C=O) groups is 2. The minimum Gasteiger partial charge on any atom is -0.481 e. The zero-order valence-electron chi connectivity index (χ0n) is 9.34. The lowest BCUT2D eigenvalue weighted by molar-refractivity contribution is -0.142. The van der Waals surface area contributed by atoms with Gasteiger partial charge in [0.2, 0.25) is 0 Å². The van der Waals surface area contributed by atoms with Crippen molar-refractivity contribution in [2.45, 2.75) is 18.5 Å². The molecule has 0 aromatic heterocycles. The summed E-state index contributed by atoms with van der Waals surface area (Å²) in [5, 5.41) is 21.0. The number of nitrogens with one attached hydrogen (secondary N) is 1. The van der Waals surface area contributed by atoms with Crippen LogP contribution in [0.5, 0.6) is 0 Å². The molecule has 3 atom stereocenters. The molecule has 3 N–H and O–H groups in total. The van der Waals surface area contributed by atoms with Crippen LogP contribution in [0.2, 0.25) is 0 Å². The normalized spacial score (nSPS) is 27.1. The Morgan fingerprint density at radius 2 is 1.78 bits per heavy atom. The Labute approximate surface area is 112 Å². The van der Waals surface area contributed by atoms with E-state index in [1.165, 1.54) is 0 Å². The van der Waals surface area contributed by atoms with Crippen LogP contribution in [0.3, 0.4) is 0 Å². The number of aliphatic carboxylic acids is 2. The molecule has 6 heteroatoms. The van der Waals surface area contributed by atoms with Crippen LogP contribution in [-0.2, 0) is 9.59 Å². The molecule has 0 spiro atoms. The van der Waals surface area contributed by atoms with Gasteiger partial charge in [-0.25, -0.2) is 0 Å². The molecular formula is C12H12BrNO4. The van der Waals surface area contributed by atoms with E-state index in [-0.39, 0.29) is 6.42 Å². The minimum absolute atomic E-state index is 0.103. The van der Waals surface area contributed by atoms with Crippen LogP contribution in [0.15, 0.2) is 28.7 Å². The average molecular weight is 314 g/mol. The highest BCUT2D eigenvalue weighted by atomic mass is 79.9. The predicted octanol–water partition coefficient (Wildman–Crippen LogP) is 1.64. The molecule has 1 aromatic rings. The highest BCUT2D eigenvalue weighted by Crippen LogP contribution is 2.33. The van der Waals surface area contributed by atoms with Gasteiger partial charge in [-0.05, 0) is 24.1 Å².